The van der Waals surface area contributed by atoms with E-state index in [1.54, 1.807) is 18.2 Å². The minimum atomic E-state index is -4.61. The van der Waals surface area contributed by atoms with Gasteiger partial charge >= 0.3 is 6.18 Å². The van der Waals surface area contributed by atoms with Gasteiger partial charge in [-0.05, 0) is 36.0 Å². The number of hydrogen-bond acceptors (Lipinski definition) is 6. The van der Waals surface area contributed by atoms with Crippen molar-refractivity contribution >= 4 is 11.8 Å². The van der Waals surface area contributed by atoms with Crippen LogP contribution in [0.1, 0.15) is 5.69 Å². The number of rotatable bonds is 4. The van der Waals surface area contributed by atoms with Gasteiger partial charge < -0.3 is 0 Å². The lowest BCUT2D eigenvalue weighted by atomic mass is 10.3. The van der Waals surface area contributed by atoms with Crippen molar-refractivity contribution in [3.05, 3.63) is 72.8 Å². The smallest absolute Gasteiger partial charge is 0.253 e. The molecule has 0 spiro atoms. The topological polar surface area (TPSA) is 69.4 Å². The second-order valence-electron chi connectivity index (χ2n) is 5.54. The number of benzene rings is 1. The van der Waals surface area contributed by atoms with Crippen molar-refractivity contribution in [3.63, 3.8) is 0 Å². The molecule has 28 heavy (non-hydrogen) atoms. The van der Waals surface area contributed by atoms with E-state index in [9.17, 15) is 13.2 Å². The Morgan fingerprint density at radius 1 is 0.893 bits per heavy atom. The summed E-state index contributed by atoms with van der Waals surface area (Å²) in [6.45, 7) is 0. The Balaban J connectivity index is 1.69. The van der Waals surface area contributed by atoms with Crippen LogP contribution in [0, 0.1) is 0 Å². The lowest BCUT2D eigenvalue weighted by Gasteiger charge is -2.09. The predicted octanol–water partition coefficient (Wildman–Crippen LogP) is 4.29. The normalized spacial score (nSPS) is 11.5. The van der Waals surface area contributed by atoms with Crippen LogP contribution in [0.25, 0.3) is 17.2 Å². The Morgan fingerprint density at radius 2 is 1.68 bits per heavy atom. The van der Waals surface area contributed by atoms with Crippen molar-refractivity contribution in [3.8, 4) is 17.2 Å². The summed E-state index contributed by atoms with van der Waals surface area (Å²) in [5, 5.41) is 4.63. The molecule has 0 N–H and O–H groups in total. The Morgan fingerprint density at radius 3 is 2.39 bits per heavy atom. The van der Waals surface area contributed by atoms with E-state index in [1.165, 1.54) is 17.2 Å². The monoisotopic (exact) mass is 400 g/mol. The first-order valence-corrected chi connectivity index (χ1v) is 8.83. The lowest BCUT2D eigenvalue weighted by molar-refractivity contribution is -0.141. The van der Waals surface area contributed by atoms with E-state index in [0.717, 1.165) is 23.5 Å². The highest BCUT2D eigenvalue weighted by Gasteiger charge is 2.34. The third-order valence-electron chi connectivity index (χ3n) is 3.57. The largest absolute Gasteiger partial charge is 0.433 e. The minimum Gasteiger partial charge on any atom is -0.253 e. The van der Waals surface area contributed by atoms with Gasteiger partial charge in [-0.2, -0.15) is 13.2 Å². The Kier molecular flexibility index (Phi) is 4.78. The fourth-order valence-corrected chi connectivity index (χ4v) is 3.04. The fraction of sp³-hybridized carbons (Fsp3) is 0.0556. The molecule has 3 aromatic heterocycles. The fourth-order valence-electron chi connectivity index (χ4n) is 2.33. The zero-order valence-electron chi connectivity index (χ0n) is 14.1. The van der Waals surface area contributed by atoms with E-state index in [1.807, 2.05) is 30.3 Å². The highest BCUT2D eigenvalue weighted by molar-refractivity contribution is 7.99. The van der Waals surface area contributed by atoms with Crippen LogP contribution in [0.15, 0.2) is 77.3 Å². The molecule has 140 valence electrons. The van der Waals surface area contributed by atoms with Crippen molar-refractivity contribution in [2.24, 2.45) is 0 Å². The molecule has 6 nitrogen and oxygen atoms in total. The Labute approximate surface area is 161 Å². The number of alkyl halides is 3. The van der Waals surface area contributed by atoms with Crippen LogP contribution < -0.4 is 0 Å². The summed E-state index contributed by atoms with van der Waals surface area (Å²) in [7, 11) is 0. The summed E-state index contributed by atoms with van der Waals surface area (Å²) in [6, 6.07) is 15.0. The van der Waals surface area contributed by atoms with Crippen LogP contribution in [0.5, 0.6) is 0 Å². The molecule has 4 rings (SSSR count). The minimum absolute atomic E-state index is 0.0776. The highest BCUT2D eigenvalue weighted by atomic mass is 32.2. The molecule has 1 aromatic carbocycles. The maximum absolute atomic E-state index is 13.3. The average Bonchev–Trinajstić information content (AvgIpc) is 3.17. The van der Waals surface area contributed by atoms with E-state index >= 15 is 0 Å². The van der Waals surface area contributed by atoms with E-state index in [0.29, 0.717) is 0 Å². The van der Waals surface area contributed by atoms with Gasteiger partial charge in [0, 0.05) is 12.3 Å². The van der Waals surface area contributed by atoms with Crippen LogP contribution in [0.2, 0.25) is 0 Å². The van der Waals surface area contributed by atoms with Gasteiger partial charge in [0.2, 0.25) is 5.16 Å². The quantitative estimate of drug-likeness (QED) is 0.476. The zero-order chi connectivity index (χ0) is 19.6. The molecule has 4 aromatic rings. The van der Waals surface area contributed by atoms with Crippen LogP contribution in [0.3, 0.4) is 0 Å². The van der Waals surface area contributed by atoms with Crippen molar-refractivity contribution in [2.75, 3.05) is 0 Å². The number of nitrogens with zero attached hydrogens (tertiary/aromatic N) is 6. The SMILES string of the molecule is FC(F)(F)c1cc(Sc2ncn(-c3ccccc3)n2)nc(-c2ccccn2)n1. The molecular weight excluding hydrogens is 389 g/mol. The van der Waals surface area contributed by atoms with E-state index in [-0.39, 0.29) is 21.7 Å². The lowest BCUT2D eigenvalue weighted by Crippen LogP contribution is -2.10. The third kappa shape index (κ3) is 4.01. The molecular formula is C18H11F3N6S. The summed E-state index contributed by atoms with van der Waals surface area (Å²) in [4.78, 5) is 16.0. The van der Waals surface area contributed by atoms with E-state index in [2.05, 4.69) is 25.0 Å². The molecule has 0 atom stereocenters. The molecule has 0 aliphatic rings. The van der Waals surface area contributed by atoms with Crippen LogP contribution in [-0.2, 0) is 6.18 Å². The summed E-state index contributed by atoms with van der Waals surface area (Å²) >= 11 is 0.920. The molecule has 0 saturated carbocycles. The molecule has 0 amide bonds. The predicted molar refractivity (Wildman–Crippen MR) is 95.7 cm³/mol. The average molecular weight is 400 g/mol. The van der Waals surface area contributed by atoms with E-state index < -0.39 is 11.9 Å². The first-order valence-electron chi connectivity index (χ1n) is 8.02. The van der Waals surface area contributed by atoms with Gasteiger partial charge in [0.15, 0.2) is 5.82 Å². The highest BCUT2D eigenvalue weighted by Crippen LogP contribution is 2.33. The van der Waals surface area contributed by atoms with Gasteiger partial charge in [-0.3, -0.25) is 4.98 Å². The molecule has 0 fully saturated rings. The number of pyridine rings is 1. The van der Waals surface area contributed by atoms with Gasteiger partial charge in [-0.1, -0.05) is 24.3 Å². The van der Waals surface area contributed by atoms with E-state index in [4.69, 9.17) is 0 Å². The second kappa shape index (κ2) is 7.39. The van der Waals surface area contributed by atoms with Gasteiger partial charge in [0.05, 0.1) is 5.69 Å². The maximum Gasteiger partial charge on any atom is 0.433 e. The van der Waals surface area contributed by atoms with Crippen molar-refractivity contribution in [1.29, 1.82) is 0 Å². The van der Waals surface area contributed by atoms with Crippen molar-refractivity contribution < 1.29 is 13.2 Å². The van der Waals surface area contributed by atoms with Crippen LogP contribution >= 0.6 is 11.8 Å². The molecule has 0 aliphatic heterocycles. The zero-order valence-corrected chi connectivity index (χ0v) is 14.9. The van der Waals surface area contributed by atoms with Crippen LogP contribution in [0.4, 0.5) is 13.2 Å². The van der Waals surface area contributed by atoms with Crippen molar-refractivity contribution in [1.82, 2.24) is 29.7 Å². The number of hydrogen-bond donors (Lipinski definition) is 0. The van der Waals surface area contributed by atoms with Gasteiger partial charge in [0.1, 0.15) is 22.7 Å². The summed E-state index contributed by atoms with van der Waals surface area (Å²) in [6.07, 6.45) is -1.66. The molecule has 0 aliphatic carbocycles. The number of para-hydroxylation sites is 1. The van der Waals surface area contributed by atoms with Gasteiger partial charge in [0.25, 0.3) is 0 Å². The standard InChI is InChI=1S/C18H11F3N6S/c19-18(20,21)14-10-15(25-16(24-14)13-8-4-5-9-22-13)28-17-23-11-27(26-17)12-6-2-1-3-7-12/h1-11H. The first-order chi connectivity index (χ1) is 13.5. The summed E-state index contributed by atoms with van der Waals surface area (Å²) in [5.41, 5.74) is -0.0129. The van der Waals surface area contributed by atoms with Crippen molar-refractivity contribution in [2.45, 2.75) is 16.4 Å². The molecule has 0 unspecified atom stereocenters. The second-order valence-corrected chi connectivity index (χ2v) is 6.52. The maximum atomic E-state index is 13.3. The number of halogens is 3. The van der Waals surface area contributed by atoms with Gasteiger partial charge in [-0.15, -0.1) is 5.10 Å². The summed E-state index contributed by atoms with van der Waals surface area (Å²) in [5.74, 6) is -0.111. The first kappa shape index (κ1) is 18.1. The molecule has 0 saturated heterocycles. The van der Waals surface area contributed by atoms with Crippen LogP contribution in [-0.4, -0.2) is 29.7 Å². The summed E-state index contributed by atoms with van der Waals surface area (Å²) < 4.78 is 41.4. The molecule has 0 bridgehead atoms. The third-order valence-corrected chi connectivity index (χ3v) is 4.36. The Bertz CT molecular complexity index is 1080. The molecule has 10 heteroatoms. The Hall–Kier alpha value is -3.27. The molecule has 3 heterocycles. The number of aromatic nitrogens is 6. The van der Waals surface area contributed by atoms with Gasteiger partial charge in [-0.25, -0.2) is 19.6 Å². The molecule has 0 radical (unpaired) electrons.